The van der Waals surface area contributed by atoms with E-state index in [4.69, 9.17) is 18.9 Å². The van der Waals surface area contributed by atoms with Crippen molar-refractivity contribution < 1.29 is 33.3 Å². The molecule has 0 bridgehead atoms. The minimum Gasteiger partial charge on any atom is -0.490 e. The van der Waals surface area contributed by atoms with Gasteiger partial charge in [0.2, 0.25) is 5.76 Å². The Bertz CT molecular complexity index is 731. The normalized spacial score (nSPS) is 29.3. The number of ether oxygens (including phenoxy) is 4. The smallest absolute Gasteiger partial charge is 0.417 e. The van der Waals surface area contributed by atoms with Crippen LogP contribution in [0.5, 0.6) is 0 Å². The van der Waals surface area contributed by atoms with Crippen LogP contribution < -0.4 is 0 Å². The first-order chi connectivity index (χ1) is 12.6. The molecule has 2 heterocycles. The number of hydrogen-bond acceptors (Lipinski definition) is 7. The number of likely N-dealkylation sites (tertiary alicyclic amines) is 1. The summed E-state index contributed by atoms with van der Waals surface area (Å²) in [5, 5.41) is 0. The number of hydrogen-bond donors (Lipinski definition) is 0. The fourth-order valence-corrected chi connectivity index (χ4v) is 3.74. The van der Waals surface area contributed by atoms with Crippen molar-refractivity contribution in [2.24, 2.45) is 5.92 Å². The van der Waals surface area contributed by atoms with Gasteiger partial charge < -0.3 is 18.9 Å². The number of nitrogens with zero attached hydrogens (tertiary/aromatic N) is 1. The number of amides is 2. The standard InChI is InChI=1S/C19H25NO7/c1-10-14(24-5)16(22)26-17(10)25-9-12-11-7-6-8-13(11)20(15(12)21)18(23)27-19(2,3)4/h9,11,13,17H,6-8H2,1-5H3/b12-9+. The molecule has 2 aliphatic heterocycles. The van der Waals surface area contributed by atoms with E-state index in [2.05, 4.69) is 0 Å². The van der Waals surface area contributed by atoms with Crippen molar-refractivity contribution in [2.45, 2.75) is 64.9 Å². The van der Waals surface area contributed by atoms with E-state index in [1.54, 1.807) is 27.7 Å². The fraction of sp³-hybridized carbons (Fsp3) is 0.632. The number of rotatable bonds is 3. The first kappa shape index (κ1) is 19.3. The number of carbonyl (C=O) groups is 3. The van der Waals surface area contributed by atoms with Crippen molar-refractivity contribution in [3.63, 3.8) is 0 Å². The molecule has 2 amide bonds. The van der Waals surface area contributed by atoms with Gasteiger partial charge in [0.1, 0.15) is 5.60 Å². The zero-order valence-corrected chi connectivity index (χ0v) is 16.2. The van der Waals surface area contributed by atoms with Gasteiger partial charge in [0.25, 0.3) is 12.2 Å². The van der Waals surface area contributed by atoms with Crippen molar-refractivity contribution >= 4 is 18.0 Å². The molecular weight excluding hydrogens is 354 g/mol. The molecule has 1 aliphatic carbocycles. The van der Waals surface area contributed by atoms with Gasteiger partial charge in [-0.2, -0.15) is 0 Å². The second kappa shape index (κ2) is 6.90. The van der Waals surface area contributed by atoms with E-state index in [0.29, 0.717) is 11.1 Å². The highest BCUT2D eigenvalue weighted by Gasteiger charge is 2.51. The molecule has 27 heavy (non-hydrogen) atoms. The maximum atomic E-state index is 12.8. The third-order valence-electron chi connectivity index (χ3n) is 4.90. The molecule has 3 rings (SSSR count). The molecular formula is C19H25NO7. The van der Waals surface area contributed by atoms with Gasteiger partial charge in [-0.15, -0.1) is 0 Å². The van der Waals surface area contributed by atoms with Crippen molar-refractivity contribution in [2.75, 3.05) is 7.11 Å². The lowest BCUT2D eigenvalue weighted by atomic mass is 9.99. The number of carbonyl (C=O) groups excluding carboxylic acids is 3. The van der Waals surface area contributed by atoms with E-state index >= 15 is 0 Å². The summed E-state index contributed by atoms with van der Waals surface area (Å²) < 4.78 is 21.1. The summed E-state index contributed by atoms with van der Waals surface area (Å²) >= 11 is 0. The van der Waals surface area contributed by atoms with E-state index in [1.807, 2.05) is 0 Å². The third kappa shape index (κ3) is 3.52. The quantitative estimate of drug-likeness (QED) is 0.423. The van der Waals surface area contributed by atoms with Crippen LogP contribution in [-0.2, 0) is 28.5 Å². The topological polar surface area (TPSA) is 91.4 Å². The average molecular weight is 379 g/mol. The molecule has 3 aliphatic rings. The molecule has 0 spiro atoms. The lowest BCUT2D eigenvalue weighted by Crippen LogP contribution is -2.42. The molecule has 0 aromatic rings. The first-order valence-electron chi connectivity index (χ1n) is 9.02. The zero-order chi connectivity index (χ0) is 19.9. The average Bonchev–Trinajstić information content (AvgIpc) is 3.18. The van der Waals surface area contributed by atoms with E-state index in [1.165, 1.54) is 18.3 Å². The van der Waals surface area contributed by atoms with Gasteiger partial charge in [0.05, 0.1) is 30.6 Å². The van der Waals surface area contributed by atoms with Gasteiger partial charge in [0, 0.05) is 5.92 Å². The van der Waals surface area contributed by atoms with Crippen molar-refractivity contribution in [3.8, 4) is 0 Å². The molecule has 2 fully saturated rings. The van der Waals surface area contributed by atoms with Crippen molar-refractivity contribution in [1.82, 2.24) is 4.90 Å². The van der Waals surface area contributed by atoms with Gasteiger partial charge in [-0.25, -0.2) is 14.5 Å². The maximum Gasteiger partial charge on any atom is 0.417 e. The minimum atomic E-state index is -0.942. The van der Waals surface area contributed by atoms with Crippen LogP contribution in [0.2, 0.25) is 0 Å². The molecule has 0 radical (unpaired) electrons. The molecule has 0 aromatic carbocycles. The van der Waals surface area contributed by atoms with Crippen molar-refractivity contribution in [3.05, 3.63) is 23.2 Å². The van der Waals surface area contributed by atoms with Crippen LogP contribution in [0, 0.1) is 5.92 Å². The largest absolute Gasteiger partial charge is 0.490 e. The summed E-state index contributed by atoms with van der Waals surface area (Å²) in [6.07, 6.45) is 2.16. The molecule has 3 unspecified atom stereocenters. The number of fused-ring (bicyclic) bond motifs is 1. The highest BCUT2D eigenvalue weighted by atomic mass is 16.7. The highest BCUT2D eigenvalue weighted by molar-refractivity contribution is 6.05. The van der Waals surface area contributed by atoms with E-state index < -0.39 is 29.9 Å². The summed E-state index contributed by atoms with van der Waals surface area (Å²) in [5.41, 5.74) is 0.208. The fourth-order valence-electron chi connectivity index (χ4n) is 3.74. The molecule has 8 nitrogen and oxygen atoms in total. The van der Waals surface area contributed by atoms with Crippen LogP contribution in [0.25, 0.3) is 0 Å². The maximum absolute atomic E-state index is 12.8. The second-order valence-corrected chi connectivity index (χ2v) is 7.92. The molecule has 0 aromatic heterocycles. The van der Waals surface area contributed by atoms with E-state index in [0.717, 1.165) is 19.3 Å². The summed E-state index contributed by atoms with van der Waals surface area (Å²) in [6.45, 7) is 6.94. The second-order valence-electron chi connectivity index (χ2n) is 7.92. The Morgan fingerprint density at radius 1 is 1.26 bits per heavy atom. The molecule has 8 heteroatoms. The third-order valence-corrected chi connectivity index (χ3v) is 4.90. The van der Waals surface area contributed by atoms with Crippen LogP contribution >= 0.6 is 0 Å². The van der Waals surface area contributed by atoms with Gasteiger partial charge in [0.15, 0.2) is 0 Å². The van der Waals surface area contributed by atoms with Crippen LogP contribution in [0.4, 0.5) is 4.79 Å². The Morgan fingerprint density at radius 2 is 1.96 bits per heavy atom. The Kier molecular flexibility index (Phi) is 4.92. The number of cyclic esters (lactones) is 1. The number of imide groups is 1. The van der Waals surface area contributed by atoms with Crippen LogP contribution in [0.15, 0.2) is 23.2 Å². The minimum absolute atomic E-state index is 0.102. The predicted octanol–water partition coefficient (Wildman–Crippen LogP) is 2.64. The number of methoxy groups -OCH3 is 1. The summed E-state index contributed by atoms with van der Waals surface area (Å²) in [6, 6.07) is -0.223. The summed E-state index contributed by atoms with van der Waals surface area (Å²) in [5.74, 6) is -1.03. The first-order valence-corrected chi connectivity index (χ1v) is 9.02. The Labute approximate surface area is 158 Å². The van der Waals surface area contributed by atoms with Crippen LogP contribution in [-0.4, -0.2) is 47.9 Å². The highest BCUT2D eigenvalue weighted by Crippen LogP contribution is 2.43. The van der Waals surface area contributed by atoms with Gasteiger partial charge in [-0.3, -0.25) is 4.79 Å². The van der Waals surface area contributed by atoms with Crippen molar-refractivity contribution in [1.29, 1.82) is 0 Å². The molecule has 1 saturated heterocycles. The Morgan fingerprint density at radius 3 is 2.56 bits per heavy atom. The van der Waals surface area contributed by atoms with Crippen LogP contribution in [0.3, 0.4) is 0 Å². The van der Waals surface area contributed by atoms with Crippen LogP contribution in [0.1, 0.15) is 47.0 Å². The van der Waals surface area contributed by atoms with Gasteiger partial charge in [-0.05, 0) is 40.5 Å². The van der Waals surface area contributed by atoms with Gasteiger partial charge in [-0.1, -0.05) is 6.42 Å². The molecule has 1 saturated carbocycles. The summed E-state index contributed by atoms with van der Waals surface area (Å²) in [4.78, 5) is 38.3. The van der Waals surface area contributed by atoms with Gasteiger partial charge >= 0.3 is 12.1 Å². The number of esters is 1. The SMILES string of the molecule is COC1=C(C)C(O/C=C2/C(=O)N(C(=O)OC(C)(C)C)C3CCCC23)OC1=O. The Hall–Kier alpha value is -2.51. The Balaban J connectivity index is 1.79. The van der Waals surface area contributed by atoms with E-state index in [9.17, 15) is 14.4 Å². The molecule has 0 N–H and O–H groups in total. The monoisotopic (exact) mass is 379 g/mol. The zero-order valence-electron chi connectivity index (χ0n) is 16.2. The van der Waals surface area contributed by atoms with E-state index in [-0.39, 0.29) is 17.7 Å². The summed E-state index contributed by atoms with van der Waals surface area (Å²) in [7, 11) is 1.38. The lowest BCUT2D eigenvalue weighted by molar-refractivity contribution is -0.155. The molecule has 148 valence electrons. The lowest BCUT2D eigenvalue weighted by Gasteiger charge is -2.26. The predicted molar refractivity (Wildman–Crippen MR) is 93.0 cm³/mol. The molecule has 3 atom stereocenters.